The molecule has 0 fully saturated rings. The molecule has 0 bridgehead atoms. The molecule has 6 nitrogen and oxygen atoms in total. The van der Waals surface area contributed by atoms with Crippen LogP contribution < -0.4 is 9.64 Å². The Kier molecular flexibility index (Phi) is 4.85. The molecule has 0 aliphatic carbocycles. The minimum Gasteiger partial charge on any atom is -0.497 e. The van der Waals surface area contributed by atoms with Gasteiger partial charge in [0.05, 0.1) is 12.4 Å². The molecule has 2 heterocycles. The Morgan fingerprint density at radius 1 is 1.19 bits per heavy atom. The van der Waals surface area contributed by atoms with Gasteiger partial charge in [-0.05, 0) is 49.2 Å². The second-order valence-corrected chi connectivity index (χ2v) is 7.52. The maximum absolute atomic E-state index is 12.9. The van der Waals surface area contributed by atoms with E-state index in [2.05, 4.69) is 16.3 Å². The molecule has 4 rings (SSSR count). The van der Waals surface area contributed by atoms with E-state index in [0.29, 0.717) is 17.7 Å². The molecule has 0 spiro atoms. The first kappa shape index (κ1) is 17.6. The van der Waals surface area contributed by atoms with Crippen LogP contribution in [-0.2, 0) is 11.2 Å². The zero-order valence-electron chi connectivity index (χ0n) is 15.1. The number of hydrogen-bond acceptors (Lipinski definition) is 6. The molecule has 27 heavy (non-hydrogen) atoms. The van der Waals surface area contributed by atoms with Gasteiger partial charge in [-0.15, -0.1) is 10.2 Å². The predicted molar refractivity (Wildman–Crippen MR) is 104 cm³/mol. The van der Waals surface area contributed by atoms with Gasteiger partial charge in [-0.2, -0.15) is 0 Å². The summed E-state index contributed by atoms with van der Waals surface area (Å²) < 4.78 is 10.9. The van der Waals surface area contributed by atoms with E-state index in [-0.39, 0.29) is 11.2 Å². The van der Waals surface area contributed by atoms with Gasteiger partial charge >= 0.3 is 0 Å². The number of nitrogens with zero attached hydrogens (tertiary/aromatic N) is 3. The fraction of sp³-hybridized carbons (Fsp3) is 0.250. The molecule has 3 aromatic rings. The van der Waals surface area contributed by atoms with E-state index >= 15 is 0 Å². The summed E-state index contributed by atoms with van der Waals surface area (Å²) in [6.45, 7) is 2.58. The number of rotatable bonds is 5. The van der Waals surface area contributed by atoms with Crippen LogP contribution >= 0.6 is 11.8 Å². The number of thioether (sulfide) groups is 1. The lowest BCUT2D eigenvalue weighted by atomic mass is 10.2. The highest BCUT2D eigenvalue weighted by atomic mass is 32.2. The summed E-state index contributed by atoms with van der Waals surface area (Å²) in [5.74, 6) is 1.23. The van der Waals surface area contributed by atoms with Crippen LogP contribution in [0.5, 0.6) is 5.75 Å². The number of aromatic nitrogens is 2. The molecule has 1 aliphatic heterocycles. The molecule has 1 aliphatic rings. The molecule has 7 heteroatoms. The molecule has 0 saturated carbocycles. The van der Waals surface area contributed by atoms with E-state index in [1.54, 1.807) is 7.11 Å². The molecule has 1 unspecified atom stereocenters. The molecule has 2 aromatic carbocycles. The van der Waals surface area contributed by atoms with E-state index < -0.39 is 0 Å². The van der Waals surface area contributed by atoms with Gasteiger partial charge in [-0.3, -0.25) is 4.79 Å². The summed E-state index contributed by atoms with van der Waals surface area (Å²) in [6.07, 6.45) is 0.890. The van der Waals surface area contributed by atoms with Gasteiger partial charge in [0.1, 0.15) is 5.75 Å². The summed E-state index contributed by atoms with van der Waals surface area (Å²) in [7, 11) is 1.62. The normalized spacial score (nSPS) is 14.1. The maximum atomic E-state index is 12.9. The first-order valence-corrected chi connectivity index (χ1v) is 9.57. The molecular weight excluding hydrogens is 362 g/mol. The molecule has 0 radical (unpaired) electrons. The topological polar surface area (TPSA) is 68.5 Å². The van der Waals surface area contributed by atoms with Crippen LogP contribution in [0.2, 0.25) is 0 Å². The lowest BCUT2D eigenvalue weighted by Gasteiger charge is -2.20. The molecule has 1 aromatic heterocycles. The summed E-state index contributed by atoms with van der Waals surface area (Å²) >= 11 is 1.28. The van der Waals surface area contributed by atoms with Crippen molar-refractivity contribution >= 4 is 23.4 Å². The van der Waals surface area contributed by atoms with Crippen molar-refractivity contribution in [2.24, 2.45) is 0 Å². The average molecular weight is 381 g/mol. The van der Waals surface area contributed by atoms with Gasteiger partial charge in [0, 0.05) is 17.8 Å². The van der Waals surface area contributed by atoms with Crippen molar-refractivity contribution in [2.75, 3.05) is 18.6 Å². The standard InChI is InChI=1S/C20H19N3O3S/c1-13(19(24)23-12-11-14-5-3-4-6-17(14)23)27-20-22-21-18(26-20)15-7-9-16(25-2)10-8-15/h3-10,13H,11-12H2,1-2H3. The fourth-order valence-electron chi connectivity index (χ4n) is 3.10. The number of carbonyl (C=O) groups excluding carboxylic acids is 1. The van der Waals surface area contributed by atoms with E-state index in [1.165, 1.54) is 17.3 Å². The second-order valence-electron chi connectivity index (χ2n) is 6.23. The summed E-state index contributed by atoms with van der Waals surface area (Å²) in [5, 5.41) is 8.22. The van der Waals surface area contributed by atoms with Crippen LogP contribution in [-0.4, -0.2) is 35.0 Å². The van der Waals surface area contributed by atoms with Crippen molar-refractivity contribution in [2.45, 2.75) is 23.8 Å². The van der Waals surface area contributed by atoms with Gasteiger partial charge in [0.2, 0.25) is 11.8 Å². The van der Waals surface area contributed by atoms with Crippen molar-refractivity contribution in [1.29, 1.82) is 0 Å². The molecule has 0 saturated heterocycles. The van der Waals surface area contributed by atoms with Crippen molar-refractivity contribution in [3.63, 3.8) is 0 Å². The number of carbonyl (C=O) groups is 1. The number of ether oxygens (including phenoxy) is 1. The minimum absolute atomic E-state index is 0.0501. The molecule has 1 amide bonds. The van der Waals surface area contributed by atoms with Crippen molar-refractivity contribution in [3.05, 3.63) is 54.1 Å². The van der Waals surface area contributed by atoms with Crippen LogP contribution in [0.4, 0.5) is 5.69 Å². The van der Waals surface area contributed by atoms with E-state index in [1.807, 2.05) is 54.3 Å². The highest BCUT2D eigenvalue weighted by Crippen LogP contribution is 2.32. The van der Waals surface area contributed by atoms with Gasteiger partial charge in [0.25, 0.3) is 5.22 Å². The number of amides is 1. The lowest BCUT2D eigenvalue weighted by Crippen LogP contribution is -2.35. The minimum atomic E-state index is -0.319. The largest absolute Gasteiger partial charge is 0.497 e. The van der Waals surface area contributed by atoms with Crippen molar-refractivity contribution in [3.8, 4) is 17.2 Å². The highest BCUT2D eigenvalue weighted by molar-refractivity contribution is 8.00. The molecular formula is C20H19N3O3S. The Hall–Kier alpha value is -2.80. The number of anilines is 1. The Bertz CT molecular complexity index is 955. The average Bonchev–Trinajstić information content (AvgIpc) is 3.34. The third-order valence-corrected chi connectivity index (χ3v) is 5.44. The molecule has 138 valence electrons. The number of methoxy groups -OCH3 is 1. The third kappa shape index (κ3) is 3.55. The third-order valence-electron chi connectivity index (χ3n) is 4.52. The Labute approximate surface area is 161 Å². The SMILES string of the molecule is COc1ccc(-c2nnc(SC(C)C(=O)N3CCc4ccccc43)o2)cc1. The Balaban J connectivity index is 1.45. The summed E-state index contributed by atoms with van der Waals surface area (Å²) in [6, 6.07) is 15.4. The van der Waals surface area contributed by atoms with E-state index in [4.69, 9.17) is 9.15 Å². The zero-order chi connectivity index (χ0) is 18.8. The molecule has 0 N–H and O–H groups in total. The maximum Gasteiger partial charge on any atom is 0.277 e. The van der Waals surface area contributed by atoms with Crippen LogP contribution in [0.15, 0.2) is 58.2 Å². The van der Waals surface area contributed by atoms with E-state index in [0.717, 1.165) is 23.4 Å². The first-order valence-electron chi connectivity index (χ1n) is 8.69. The van der Waals surface area contributed by atoms with Crippen LogP contribution in [0.3, 0.4) is 0 Å². The first-order chi connectivity index (χ1) is 13.2. The van der Waals surface area contributed by atoms with Gasteiger partial charge in [0.15, 0.2) is 0 Å². The number of benzene rings is 2. The summed E-state index contributed by atoms with van der Waals surface area (Å²) in [4.78, 5) is 14.7. The Morgan fingerprint density at radius 2 is 1.96 bits per heavy atom. The Morgan fingerprint density at radius 3 is 2.74 bits per heavy atom. The highest BCUT2D eigenvalue weighted by Gasteiger charge is 2.29. The van der Waals surface area contributed by atoms with Crippen LogP contribution in [0.1, 0.15) is 12.5 Å². The number of fused-ring (bicyclic) bond motifs is 1. The lowest BCUT2D eigenvalue weighted by molar-refractivity contribution is -0.117. The number of para-hydroxylation sites is 1. The zero-order valence-corrected chi connectivity index (χ0v) is 15.9. The van der Waals surface area contributed by atoms with Gasteiger partial charge in [-0.1, -0.05) is 30.0 Å². The van der Waals surface area contributed by atoms with Gasteiger partial charge < -0.3 is 14.1 Å². The quantitative estimate of drug-likeness (QED) is 0.626. The fourth-order valence-corrected chi connectivity index (χ4v) is 3.84. The van der Waals surface area contributed by atoms with Crippen molar-refractivity contribution < 1.29 is 13.9 Å². The summed E-state index contributed by atoms with van der Waals surface area (Å²) in [5.41, 5.74) is 3.02. The second kappa shape index (κ2) is 7.44. The van der Waals surface area contributed by atoms with Crippen LogP contribution in [0.25, 0.3) is 11.5 Å². The smallest absolute Gasteiger partial charge is 0.277 e. The number of hydrogen-bond donors (Lipinski definition) is 0. The van der Waals surface area contributed by atoms with E-state index in [9.17, 15) is 4.79 Å². The van der Waals surface area contributed by atoms with Crippen LogP contribution in [0, 0.1) is 0 Å². The van der Waals surface area contributed by atoms with Gasteiger partial charge in [-0.25, -0.2) is 0 Å². The molecule has 1 atom stereocenters. The monoisotopic (exact) mass is 381 g/mol. The van der Waals surface area contributed by atoms with Crippen molar-refractivity contribution in [1.82, 2.24) is 10.2 Å². The predicted octanol–water partition coefficient (Wildman–Crippen LogP) is 3.82.